The minimum atomic E-state index is -0.816. The highest BCUT2D eigenvalue weighted by Gasteiger charge is 2.64. The Bertz CT molecular complexity index is 1370. The Morgan fingerprint density at radius 3 is 2.33 bits per heavy atom. The number of imide groups is 1. The van der Waals surface area contributed by atoms with Crippen molar-refractivity contribution in [3.8, 4) is 5.75 Å². The summed E-state index contributed by atoms with van der Waals surface area (Å²) < 4.78 is 5.20. The van der Waals surface area contributed by atoms with Crippen molar-refractivity contribution >= 4 is 29.5 Å². The van der Waals surface area contributed by atoms with E-state index in [1.165, 1.54) is 4.90 Å². The molecule has 36 heavy (non-hydrogen) atoms. The van der Waals surface area contributed by atoms with Crippen LogP contribution in [-0.4, -0.2) is 40.7 Å². The molecule has 2 fully saturated rings. The fraction of sp³-hybridized carbons (Fsp3) is 0.207. The molecule has 0 radical (unpaired) electrons. The van der Waals surface area contributed by atoms with Crippen molar-refractivity contribution < 1.29 is 19.1 Å². The van der Waals surface area contributed by atoms with Crippen LogP contribution < -0.4 is 10.1 Å². The Morgan fingerprint density at radius 2 is 1.58 bits per heavy atom. The number of amides is 3. The van der Waals surface area contributed by atoms with Gasteiger partial charge in [0.2, 0.25) is 17.7 Å². The summed E-state index contributed by atoms with van der Waals surface area (Å²) in [6.45, 7) is 0.197. The van der Waals surface area contributed by atoms with Crippen molar-refractivity contribution in [3.05, 3.63) is 102 Å². The van der Waals surface area contributed by atoms with Gasteiger partial charge in [0.1, 0.15) is 11.8 Å². The van der Waals surface area contributed by atoms with E-state index in [9.17, 15) is 14.4 Å². The van der Waals surface area contributed by atoms with Gasteiger partial charge in [0.05, 0.1) is 31.5 Å². The number of ether oxygens (including phenoxy) is 1. The molecule has 3 aliphatic heterocycles. The monoisotopic (exact) mass is 479 g/mol. The van der Waals surface area contributed by atoms with Crippen molar-refractivity contribution in [1.29, 1.82) is 0 Å². The average Bonchev–Trinajstić information content (AvgIpc) is 3.38. The van der Waals surface area contributed by atoms with E-state index in [-0.39, 0.29) is 30.3 Å². The van der Waals surface area contributed by atoms with Crippen molar-refractivity contribution in [2.75, 3.05) is 12.4 Å². The first-order valence-corrected chi connectivity index (χ1v) is 12.0. The SMILES string of the molecule is COc1ccc(NC(=O)C2C3C(=O)N(Cc4ccccc4)C(=O)C3C3c4ccccc4C=CN23)cc1. The molecule has 3 aromatic carbocycles. The van der Waals surface area contributed by atoms with Crippen LogP contribution in [0.25, 0.3) is 6.08 Å². The van der Waals surface area contributed by atoms with Crippen molar-refractivity contribution in [2.24, 2.45) is 11.8 Å². The Hall–Kier alpha value is -4.39. The smallest absolute Gasteiger partial charge is 0.247 e. The van der Waals surface area contributed by atoms with E-state index in [1.54, 1.807) is 31.4 Å². The average molecular weight is 480 g/mol. The van der Waals surface area contributed by atoms with Crippen LogP contribution in [0.1, 0.15) is 22.7 Å². The highest BCUT2D eigenvalue weighted by Crippen LogP contribution is 2.52. The third-order valence-electron chi connectivity index (χ3n) is 7.36. The minimum absolute atomic E-state index is 0.197. The van der Waals surface area contributed by atoms with Gasteiger partial charge in [-0.05, 0) is 47.0 Å². The lowest BCUT2D eigenvalue weighted by Crippen LogP contribution is -2.46. The number of nitrogens with zero attached hydrogens (tertiary/aromatic N) is 2. The lowest BCUT2D eigenvalue weighted by Gasteiger charge is -2.35. The van der Waals surface area contributed by atoms with Crippen LogP contribution in [0.3, 0.4) is 0 Å². The van der Waals surface area contributed by atoms with Gasteiger partial charge in [-0.1, -0.05) is 54.6 Å². The second-order valence-corrected chi connectivity index (χ2v) is 9.30. The van der Waals surface area contributed by atoms with Gasteiger partial charge in [-0.25, -0.2) is 0 Å². The van der Waals surface area contributed by atoms with E-state index in [4.69, 9.17) is 4.74 Å². The van der Waals surface area contributed by atoms with Gasteiger partial charge in [-0.3, -0.25) is 19.3 Å². The molecule has 1 N–H and O–H groups in total. The zero-order chi connectivity index (χ0) is 24.8. The third kappa shape index (κ3) is 3.47. The maximum absolute atomic E-state index is 13.8. The molecule has 4 unspecified atom stereocenters. The minimum Gasteiger partial charge on any atom is -0.497 e. The number of anilines is 1. The first-order chi connectivity index (χ1) is 17.6. The maximum atomic E-state index is 13.8. The summed E-state index contributed by atoms with van der Waals surface area (Å²) in [4.78, 5) is 44.5. The summed E-state index contributed by atoms with van der Waals surface area (Å²) >= 11 is 0. The number of carbonyl (C=O) groups excluding carboxylic acids is 3. The number of fused-ring (bicyclic) bond motifs is 5. The van der Waals surface area contributed by atoms with E-state index in [0.29, 0.717) is 11.4 Å². The van der Waals surface area contributed by atoms with E-state index >= 15 is 0 Å². The van der Waals surface area contributed by atoms with E-state index < -0.39 is 17.9 Å². The molecule has 6 rings (SSSR count). The molecule has 180 valence electrons. The summed E-state index contributed by atoms with van der Waals surface area (Å²) in [6.07, 6.45) is 3.79. The van der Waals surface area contributed by atoms with Crippen LogP contribution in [0.5, 0.6) is 5.75 Å². The van der Waals surface area contributed by atoms with Gasteiger partial charge in [0.15, 0.2) is 0 Å². The Kier molecular flexibility index (Phi) is 5.33. The maximum Gasteiger partial charge on any atom is 0.247 e. The number of rotatable bonds is 5. The number of likely N-dealkylation sites (tertiary alicyclic amines) is 1. The summed E-state index contributed by atoms with van der Waals surface area (Å²) in [6, 6.07) is 23.1. The molecule has 3 amide bonds. The Labute approximate surface area is 209 Å². The Morgan fingerprint density at radius 1 is 0.889 bits per heavy atom. The molecule has 0 aliphatic carbocycles. The zero-order valence-corrected chi connectivity index (χ0v) is 19.7. The summed E-state index contributed by atoms with van der Waals surface area (Å²) in [7, 11) is 1.58. The largest absolute Gasteiger partial charge is 0.497 e. The number of hydrogen-bond acceptors (Lipinski definition) is 5. The van der Waals surface area contributed by atoms with Crippen LogP contribution in [0.4, 0.5) is 5.69 Å². The summed E-state index contributed by atoms with van der Waals surface area (Å²) in [5.41, 5.74) is 3.42. The molecule has 0 aromatic heterocycles. The highest BCUT2D eigenvalue weighted by molar-refractivity contribution is 6.10. The van der Waals surface area contributed by atoms with Crippen molar-refractivity contribution in [3.63, 3.8) is 0 Å². The predicted octanol–water partition coefficient (Wildman–Crippen LogP) is 3.84. The Balaban J connectivity index is 1.37. The van der Waals surface area contributed by atoms with Crippen molar-refractivity contribution in [2.45, 2.75) is 18.6 Å². The number of carbonyl (C=O) groups is 3. The fourth-order valence-electron chi connectivity index (χ4n) is 5.73. The molecule has 3 aliphatic rings. The molecule has 7 nitrogen and oxygen atoms in total. The number of hydrogen-bond donors (Lipinski definition) is 1. The van der Waals surface area contributed by atoms with Crippen LogP contribution in [0.15, 0.2) is 85.1 Å². The van der Waals surface area contributed by atoms with Crippen molar-refractivity contribution in [1.82, 2.24) is 9.80 Å². The molecular weight excluding hydrogens is 454 g/mol. The first kappa shape index (κ1) is 22.1. The number of methoxy groups -OCH3 is 1. The molecule has 0 saturated carbocycles. The molecule has 0 spiro atoms. The standard InChI is InChI=1S/C29H25N3O4/c1-36-21-13-11-20(12-14-21)30-27(33)26-24-23(25-22-10-6-5-9-19(22)15-16-31(25)26)28(34)32(29(24)35)17-18-7-3-2-4-8-18/h2-16,23-26H,17H2,1H3,(H,30,33). The zero-order valence-electron chi connectivity index (χ0n) is 19.7. The van der Waals surface area contributed by atoms with Gasteiger partial charge < -0.3 is 15.0 Å². The predicted molar refractivity (Wildman–Crippen MR) is 134 cm³/mol. The molecule has 3 aromatic rings. The highest BCUT2D eigenvalue weighted by atomic mass is 16.5. The van der Waals surface area contributed by atoms with E-state index in [2.05, 4.69) is 5.32 Å². The number of benzene rings is 3. The quantitative estimate of drug-likeness (QED) is 0.563. The normalized spacial score (nSPS) is 23.8. The van der Waals surface area contributed by atoms with Gasteiger partial charge in [0.25, 0.3) is 0 Å². The molecule has 4 atom stereocenters. The van der Waals surface area contributed by atoms with E-state index in [0.717, 1.165) is 16.7 Å². The lowest BCUT2D eigenvalue weighted by atomic mass is 9.84. The number of nitrogens with one attached hydrogen (secondary N) is 1. The van der Waals surface area contributed by atoms with Gasteiger partial charge in [-0.15, -0.1) is 0 Å². The van der Waals surface area contributed by atoms with Crippen LogP contribution in [-0.2, 0) is 20.9 Å². The second-order valence-electron chi connectivity index (χ2n) is 9.30. The lowest BCUT2D eigenvalue weighted by molar-refractivity contribution is -0.143. The van der Waals surface area contributed by atoms with E-state index in [1.807, 2.05) is 71.8 Å². The fourth-order valence-corrected chi connectivity index (χ4v) is 5.73. The first-order valence-electron chi connectivity index (χ1n) is 12.0. The van der Waals surface area contributed by atoms with Gasteiger partial charge >= 0.3 is 0 Å². The van der Waals surface area contributed by atoms with Crippen LogP contribution in [0.2, 0.25) is 0 Å². The molecule has 0 bridgehead atoms. The second kappa shape index (κ2) is 8.68. The summed E-state index contributed by atoms with van der Waals surface area (Å²) in [5, 5.41) is 2.95. The third-order valence-corrected chi connectivity index (χ3v) is 7.36. The molecular formula is C29H25N3O4. The molecule has 2 saturated heterocycles. The van der Waals surface area contributed by atoms with Crippen LogP contribution >= 0.6 is 0 Å². The summed E-state index contributed by atoms with van der Waals surface area (Å²) in [5.74, 6) is -1.58. The topological polar surface area (TPSA) is 79.0 Å². The molecule has 7 heteroatoms. The van der Waals surface area contributed by atoms with Gasteiger partial charge in [0, 0.05) is 11.9 Å². The van der Waals surface area contributed by atoms with Gasteiger partial charge in [-0.2, -0.15) is 0 Å². The van der Waals surface area contributed by atoms with Crippen LogP contribution in [0, 0.1) is 11.8 Å². The molecule has 3 heterocycles.